The van der Waals surface area contributed by atoms with Crippen LogP contribution in [0.15, 0.2) is 22.7 Å². The van der Waals surface area contributed by atoms with Crippen LogP contribution in [0.3, 0.4) is 0 Å². The molecule has 1 saturated carbocycles. The number of amides is 1. The molecule has 1 fully saturated rings. The van der Waals surface area contributed by atoms with Crippen LogP contribution in [0.1, 0.15) is 36.0 Å². The van der Waals surface area contributed by atoms with Crippen molar-refractivity contribution in [1.29, 1.82) is 0 Å². The first-order chi connectivity index (χ1) is 9.06. The average Bonchev–Trinajstić information content (AvgIpc) is 2.88. The molecule has 1 amide bonds. The molecule has 19 heavy (non-hydrogen) atoms. The summed E-state index contributed by atoms with van der Waals surface area (Å²) in [5.74, 6) is -0.158. The number of aliphatic hydroxyl groups excluding tert-OH is 1. The molecule has 1 aromatic carbocycles. The third-order valence-corrected chi connectivity index (χ3v) is 4.72. The fraction of sp³-hybridized carbons (Fsp3) is 0.500. The number of aliphatic hydroxyl groups is 1. The lowest BCUT2D eigenvalue weighted by Gasteiger charge is -2.26. The molecule has 0 saturated heterocycles. The molecule has 0 aromatic heterocycles. The topological polar surface area (TPSA) is 49.3 Å². The second kappa shape index (κ2) is 6.25. The van der Waals surface area contributed by atoms with Crippen molar-refractivity contribution in [2.24, 2.45) is 5.41 Å². The molecular formula is C14H17BrClNO2. The van der Waals surface area contributed by atoms with Gasteiger partial charge >= 0.3 is 0 Å². The molecule has 1 aliphatic rings. The fourth-order valence-electron chi connectivity index (χ4n) is 2.55. The van der Waals surface area contributed by atoms with Crippen molar-refractivity contribution in [3.63, 3.8) is 0 Å². The van der Waals surface area contributed by atoms with Gasteiger partial charge in [0.15, 0.2) is 0 Å². The van der Waals surface area contributed by atoms with Gasteiger partial charge in [0, 0.05) is 21.5 Å². The number of rotatable bonds is 4. The van der Waals surface area contributed by atoms with E-state index in [-0.39, 0.29) is 17.9 Å². The summed E-state index contributed by atoms with van der Waals surface area (Å²) < 4.78 is 0.721. The Morgan fingerprint density at radius 2 is 2.11 bits per heavy atom. The smallest absolute Gasteiger partial charge is 0.252 e. The highest BCUT2D eigenvalue weighted by Gasteiger charge is 2.33. The lowest BCUT2D eigenvalue weighted by molar-refractivity contribution is 0.0880. The number of hydrogen-bond donors (Lipinski definition) is 2. The summed E-state index contributed by atoms with van der Waals surface area (Å²) in [7, 11) is 0. The second-order valence-corrected chi connectivity index (χ2v) is 6.46. The SMILES string of the molecule is O=C(NCC1(CO)CCCC1)c1cc(Cl)ccc1Br. The first-order valence-corrected chi connectivity index (χ1v) is 7.58. The Morgan fingerprint density at radius 3 is 2.74 bits per heavy atom. The van der Waals surface area contributed by atoms with Gasteiger partial charge in [0.2, 0.25) is 0 Å². The Labute approximate surface area is 126 Å². The molecule has 0 aliphatic heterocycles. The number of nitrogens with one attached hydrogen (secondary N) is 1. The average molecular weight is 347 g/mol. The molecule has 0 radical (unpaired) electrons. The standard InChI is InChI=1S/C14H17BrClNO2/c15-12-4-3-10(16)7-11(12)13(19)17-8-14(9-18)5-1-2-6-14/h3-4,7,18H,1-2,5-6,8-9H2,(H,17,19). The Hall–Kier alpha value is -0.580. The molecule has 2 rings (SSSR count). The van der Waals surface area contributed by atoms with Gasteiger partial charge in [0.1, 0.15) is 0 Å². The van der Waals surface area contributed by atoms with Gasteiger partial charge in [-0.15, -0.1) is 0 Å². The Morgan fingerprint density at radius 1 is 1.42 bits per heavy atom. The molecule has 0 spiro atoms. The van der Waals surface area contributed by atoms with Crippen LogP contribution < -0.4 is 5.32 Å². The summed E-state index contributed by atoms with van der Waals surface area (Å²) in [4.78, 5) is 12.2. The van der Waals surface area contributed by atoms with E-state index in [9.17, 15) is 9.90 Å². The van der Waals surface area contributed by atoms with Gasteiger partial charge < -0.3 is 10.4 Å². The van der Waals surface area contributed by atoms with E-state index in [1.54, 1.807) is 18.2 Å². The van der Waals surface area contributed by atoms with Crippen LogP contribution in [-0.2, 0) is 0 Å². The molecule has 5 heteroatoms. The first kappa shape index (κ1) is 14.8. The van der Waals surface area contributed by atoms with E-state index in [1.807, 2.05) is 0 Å². The van der Waals surface area contributed by atoms with Crippen LogP contribution in [0.2, 0.25) is 5.02 Å². The third-order valence-electron chi connectivity index (χ3n) is 3.80. The normalized spacial score (nSPS) is 17.4. The van der Waals surface area contributed by atoms with Crippen molar-refractivity contribution in [3.8, 4) is 0 Å². The number of hydrogen-bond acceptors (Lipinski definition) is 2. The van der Waals surface area contributed by atoms with E-state index in [0.29, 0.717) is 17.1 Å². The number of halogens is 2. The first-order valence-electron chi connectivity index (χ1n) is 6.40. The van der Waals surface area contributed by atoms with Crippen LogP contribution in [0.5, 0.6) is 0 Å². The Bertz CT molecular complexity index is 473. The maximum atomic E-state index is 12.2. The van der Waals surface area contributed by atoms with Crippen molar-refractivity contribution in [2.75, 3.05) is 13.2 Å². The zero-order valence-electron chi connectivity index (χ0n) is 10.6. The van der Waals surface area contributed by atoms with Crippen LogP contribution >= 0.6 is 27.5 Å². The zero-order valence-corrected chi connectivity index (χ0v) is 12.9. The highest BCUT2D eigenvalue weighted by molar-refractivity contribution is 9.10. The summed E-state index contributed by atoms with van der Waals surface area (Å²) in [6.45, 7) is 0.644. The Balaban J connectivity index is 2.03. The molecule has 0 bridgehead atoms. The van der Waals surface area contributed by atoms with Crippen LogP contribution in [0, 0.1) is 5.41 Å². The second-order valence-electron chi connectivity index (χ2n) is 5.17. The molecule has 0 atom stereocenters. The van der Waals surface area contributed by atoms with E-state index >= 15 is 0 Å². The number of carbonyl (C=O) groups excluding carboxylic acids is 1. The molecule has 2 N–H and O–H groups in total. The van der Waals surface area contributed by atoms with E-state index in [0.717, 1.165) is 30.2 Å². The summed E-state index contributed by atoms with van der Waals surface area (Å²) in [6.07, 6.45) is 4.19. The molecule has 0 unspecified atom stereocenters. The molecule has 1 aliphatic carbocycles. The number of carbonyl (C=O) groups is 1. The van der Waals surface area contributed by atoms with Crippen molar-refractivity contribution in [2.45, 2.75) is 25.7 Å². The largest absolute Gasteiger partial charge is 0.396 e. The summed E-state index contributed by atoms with van der Waals surface area (Å²) in [6, 6.07) is 5.13. The highest BCUT2D eigenvalue weighted by atomic mass is 79.9. The molecular weight excluding hydrogens is 330 g/mol. The van der Waals surface area contributed by atoms with E-state index in [2.05, 4.69) is 21.2 Å². The van der Waals surface area contributed by atoms with E-state index < -0.39 is 0 Å². The van der Waals surface area contributed by atoms with Crippen molar-refractivity contribution in [1.82, 2.24) is 5.32 Å². The summed E-state index contributed by atoms with van der Waals surface area (Å²) >= 11 is 9.25. The van der Waals surface area contributed by atoms with Crippen LogP contribution in [0.4, 0.5) is 0 Å². The molecule has 1 aromatic rings. The van der Waals surface area contributed by atoms with Crippen LogP contribution in [0.25, 0.3) is 0 Å². The van der Waals surface area contributed by atoms with Crippen molar-refractivity contribution in [3.05, 3.63) is 33.3 Å². The predicted octanol–water partition coefficient (Wildman–Crippen LogP) is 3.39. The lowest BCUT2D eigenvalue weighted by Crippen LogP contribution is -2.38. The van der Waals surface area contributed by atoms with E-state index in [1.165, 1.54) is 0 Å². The van der Waals surface area contributed by atoms with Gasteiger partial charge in [0.05, 0.1) is 12.2 Å². The van der Waals surface area contributed by atoms with Crippen molar-refractivity contribution >= 4 is 33.4 Å². The minimum atomic E-state index is -0.158. The monoisotopic (exact) mass is 345 g/mol. The molecule has 0 heterocycles. The van der Waals surface area contributed by atoms with E-state index in [4.69, 9.17) is 11.6 Å². The van der Waals surface area contributed by atoms with Gasteiger partial charge in [-0.3, -0.25) is 4.79 Å². The molecule has 104 valence electrons. The highest BCUT2D eigenvalue weighted by Crippen LogP contribution is 2.37. The minimum absolute atomic E-state index is 0.129. The molecule has 3 nitrogen and oxygen atoms in total. The maximum Gasteiger partial charge on any atom is 0.252 e. The van der Waals surface area contributed by atoms with Crippen molar-refractivity contribution < 1.29 is 9.90 Å². The predicted molar refractivity (Wildman–Crippen MR) is 79.5 cm³/mol. The van der Waals surface area contributed by atoms with Gasteiger partial charge in [-0.25, -0.2) is 0 Å². The number of benzene rings is 1. The maximum absolute atomic E-state index is 12.2. The summed E-state index contributed by atoms with van der Waals surface area (Å²) in [5, 5.41) is 13.0. The van der Waals surface area contributed by atoms with Gasteiger partial charge in [0.25, 0.3) is 5.91 Å². The summed E-state index contributed by atoms with van der Waals surface area (Å²) in [5.41, 5.74) is 0.388. The van der Waals surface area contributed by atoms with Gasteiger partial charge in [-0.1, -0.05) is 24.4 Å². The fourth-order valence-corrected chi connectivity index (χ4v) is 3.15. The van der Waals surface area contributed by atoms with Gasteiger partial charge in [-0.2, -0.15) is 0 Å². The minimum Gasteiger partial charge on any atom is -0.396 e. The quantitative estimate of drug-likeness (QED) is 0.878. The lowest BCUT2D eigenvalue weighted by atomic mass is 9.87. The third kappa shape index (κ3) is 3.50. The van der Waals surface area contributed by atoms with Gasteiger partial charge in [-0.05, 0) is 47.0 Å². The van der Waals surface area contributed by atoms with Crippen LogP contribution in [-0.4, -0.2) is 24.2 Å². The Kier molecular flexibility index (Phi) is 4.87. The zero-order chi connectivity index (χ0) is 13.9.